The molecule has 1 N–H and O–H groups in total. The molecule has 3 aromatic heterocycles. The summed E-state index contributed by atoms with van der Waals surface area (Å²) in [5.74, 6) is 1.57. The zero-order valence-electron chi connectivity index (χ0n) is 13.2. The number of anilines is 1. The highest BCUT2D eigenvalue weighted by Crippen LogP contribution is 2.19. The fourth-order valence-electron chi connectivity index (χ4n) is 3.15. The van der Waals surface area contributed by atoms with Crippen molar-refractivity contribution in [2.75, 3.05) is 25.5 Å². The van der Waals surface area contributed by atoms with Gasteiger partial charge < -0.3 is 10.2 Å². The van der Waals surface area contributed by atoms with Gasteiger partial charge in [-0.25, -0.2) is 15.0 Å². The van der Waals surface area contributed by atoms with Gasteiger partial charge in [-0.1, -0.05) is 6.07 Å². The zero-order chi connectivity index (χ0) is 15.6. The van der Waals surface area contributed by atoms with Gasteiger partial charge in [0.1, 0.15) is 17.2 Å². The number of nitrogens with one attached hydrogen (secondary N) is 1. The molecule has 1 atom stereocenters. The highest BCUT2D eigenvalue weighted by molar-refractivity contribution is 5.58. The lowest BCUT2D eigenvalue weighted by molar-refractivity contribution is 0.261. The van der Waals surface area contributed by atoms with Gasteiger partial charge in [0.05, 0.1) is 6.20 Å². The summed E-state index contributed by atoms with van der Waals surface area (Å²) in [5.41, 5.74) is 1.81. The van der Waals surface area contributed by atoms with Crippen LogP contribution in [0.15, 0.2) is 42.9 Å². The van der Waals surface area contributed by atoms with Crippen molar-refractivity contribution in [1.82, 2.24) is 24.3 Å². The number of piperidine rings is 1. The zero-order valence-corrected chi connectivity index (χ0v) is 13.2. The summed E-state index contributed by atoms with van der Waals surface area (Å²) < 4.78 is 2.01. The van der Waals surface area contributed by atoms with Gasteiger partial charge in [0.25, 0.3) is 0 Å². The molecule has 1 unspecified atom stereocenters. The maximum absolute atomic E-state index is 4.68. The Bertz CT molecular complexity index is 811. The number of hydrogen-bond donors (Lipinski definition) is 1. The number of imidazole rings is 1. The highest BCUT2D eigenvalue weighted by Gasteiger charge is 2.17. The van der Waals surface area contributed by atoms with E-state index in [1.54, 1.807) is 6.20 Å². The summed E-state index contributed by atoms with van der Waals surface area (Å²) in [7, 11) is 2.16. The molecule has 1 saturated heterocycles. The Morgan fingerprint density at radius 3 is 3.09 bits per heavy atom. The summed E-state index contributed by atoms with van der Waals surface area (Å²) in [6.07, 6.45) is 8.01. The first-order chi connectivity index (χ1) is 11.3. The molecular formula is C17H20N6. The van der Waals surface area contributed by atoms with Crippen LogP contribution in [-0.2, 0) is 0 Å². The Morgan fingerprint density at radius 1 is 1.22 bits per heavy atom. The number of likely N-dealkylation sites (tertiary alicyclic amines) is 1. The predicted octanol–water partition coefficient (Wildman–Crippen LogP) is 2.30. The van der Waals surface area contributed by atoms with Crippen molar-refractivity contribution in [3.8, 4) is 11.5 Å². The molecule has 6 nitrogen and oxygen atoms in total. The molecule has 0 amide bonds. The number of nitrogens with zero attached hydrogens (tertiary/aromatic N) is 5. The Morgan fingerprint density at radius 2 is 2.17 bits per heavy atom. The van der Waals surface area contributed by atoms with Crippen LogP contribution >= 0.6 is 0 Å². The molecule has 0 aliphatic carbocycles. The molecule has 6 heteroatoms. The van der Waals surface area contributed by atoms with Crippen LogP contribution in [0.2, 0.25) is 0 Å². The molecule has 0 spiro atoms. The standard InChI is InChI=1S/C17H20N6/c1-22-9-4-5-13(12-22)20-15-7-8-18-17(21-15)14-11-19-16-6-2-3-10-23(14)16/h2-3,6-8,10-11,13H,4-5,9,12H2,1H3,(H,18,20,21). The van der Waals surface area contributed by atoms with Crippen molar-refractivity contribution in [2.45, 2.75) is 18.9 Å². The van der Waals surface area contributed by atoms with Crippen molar-refractivity contribution in [2.24, 2.45) is 0 Å². The van der Waals surface area contributed by atoms with E-state index in [0.29, 0.717) is 11.9 Å². The summed E-state index contributed by atoms with van der Waals surface area (Å²) >= 11 is 0. The molecule has 0 saturated carbocycles. The summed E-state index contributed by atoms with van der Waals surface area (Å²) in [5, 5.41) is 3.54. The van der Waals surface area contributed by atoms with Crippen LogP contribution in [-0.4, -0.2) is 50.4 Å². The molecule has 118 valence electrons. The number of fused-ring (bicyclic) bond motifs is 1. The largest absolute Gasteiger partial charge is 0.366 e. The van der Waals surface area contributed by atoms with Gasteiger partial charge in [-0.2, -0.15) is 0 Å². The minimum atomic E-state index is 0.443. The number of rotatable bonds is 3. The van der Waals surface area contributed by atoms with Gasteiger partial charge in [-0.15, -0.1) is 0 Å². The van der Waals surface area contributed by atoms with E-state index in [4.69, 9.17) is 0 Å². The number of pyridine rings is 1. The first-order valence-corrected chi connectivity index (χ1v) is 8.00. The number of likely N-dealkylation sites (N-methyl/N-ethyl adjacent to an activating group) is 1. The van der Waals surface area contributed by atoms with Crippen molar-refractivity contribution in [3.63, 3.8) is 0 Å². The molecule has 23 heavy (non-hydrogen) atoms. The second-order valence-electron chi connectivity index (χ2n) is 6.08. The third-order valence-corrected chi connectivity index (χ3v) is 4.28. The van der Waals surface area contributed by atoms with E-state index in [2.05, 4.69) is 32.2 Å². The van der Waals surface area contributed by atoms with Crippen LogP contribution < -0.4 is 5.32 Å². The third-order valence-electron chi connectivity index (χ3n) is 4.28. The maximum Gasteiger partial charge on any atom is 0.180 e. The van der Waals surface area contributed by atoms with Crippen molar-refractivity contribution in [1.29, 1.82) is 0 Å². The summed E-state index contributed by atoms with van der Waals surface area (Å²) in [6.45, 7) is 2.23. The molecular weight excluding hydrogens is 288 g/mol. The van der Waals surface area contributed by atoms with Crippen LogP contribution in [0.25, 0.3) is 17.2 Å². The van der Waals surface area contributed by atoms with E-state index in [9.17, 15) is 0 Å². The molecule has 1 aliphatic heterocycles. The fraction of sp³-hybridized carbons (Fsp3) is 0.353. The number of hydrogen-bond acceptors (Lipinski definition) is 5. The predicted molar refractivity (Wildman–Crippen MR) is 90.4 cm³/mol. The van der Waals surface area contributed by atoms with E-state index in [1.807, 2.05) is 41.1 Å². The molecule has 3 aromatic rings. The lowest BCUT2D eigenvalue weighted by Crippen LogP contribution is -2.39. The van der Waals surface area contributed by atoms with Crippen LogP contribution in [0.1, 0.15) is 12.8 Å². The average Bonchev–Trinajstić information content (AvgIpc) is 2.99. The lowest BCUT2D eigenvalue weighted by atomic mass is 10.1. The topological polar surface area (TPSA) is 58.3 Å². The Labute approximate surface area is 135 Å². The lowest BCUT2D eigenvalue weighted by Gasteiger charge is -2.30. The van der Waals surface area contributed by atoms with E-state index < -0.39 is 0 Å². The van der Waals surface area contributed by atoms with Crippen LogP contribution in [0.3, 0.4) is 0 Å². The molecule has 0 radical (unpaired) electrons. The molecule has 1 aliphatic rings. The van der Waals surface area contributed by atoms with E-state index in [1.165, 1.54) is 19.4 Å². The Kier molecular flexibility index (Phi) is 3.67. The monoisotopic (exact) mass is 308 g/mol. The molecule has 4 heterocycles. The van der Waals surface area contributed by atoms with Gasteiger partial charge in [-0.3, -0.25) is 4.40 Å². The number of aromatic nitrogens is 4. The quantitative estimate of drug-likeness (QED) is 0.804. The fourth-order valence-corrected chi connectivity index (χ4v) is 3.15. The van der Waals surface area contributed by atoms with Gasteiger partial charge in [0.15, 0.2) is 5.82 Å². The van der Waals surface area contributed by atoms with E-state index in [-0.39, 0.29) is 0 Å². The smallest absolute Gasteiger partial charge is 0.180 e. The van der Waals surface area contributed by atoms with Crippen LogP contribution in [0, 0.1) is 0 Å². The van der Waals surface area contributed by atoms with E-state index >= 15 is 0 Å². The normalized spacial score (nSPS) is 19.1. The molecule has 0 aromatic carbocycles. The highest BCUT2D eigenvalue weighted by atomic mass is 15.2. The first kappa shape index (κ1) is 14.1. The van der Waals surface area contributed by atoms with E-state index in [0.717, 1.165) is 23.7 Å². The molecule has 1 fully saturated rings. The van der Waals surface area contributed by atoms with Crippen molar-refractivity contribution < 1.29 is 0 Å². The second kappa shape index (κ2) is 5.96. The average molecular weight is 308 g/mol. The van der Waals surface area contributed by atoms with Crippen molar-refractivity contribution >= 4 is 11.5 Å². The van der Waals surface area contributed by atoms with Gasteiger partial charge in [-0.05, 0) is 44.6 Å². The Balaban J connectivity index is 1.61. The van der Waals surface area contributed by atoms with Crippen LogP contribution in [0.4, 0.5) is 5.82 Å². The second-order valence-corrected chi connectivity index (χ2v) is 6.08. The Hall–Kier alpha value is -2.47. The summed E-state index contributed by atoms with van der Waals surface area (Å²) in [6, 6.07) is 8.31. The molecule has 4 rings (SSSR count). The molecule has 0 bridgehead atoms. The first-order valence-electron chi connectivity index (χ1n) is 8.00. The maximum atomic E-state index is 4.68. The van der Waals surface area contributed by atoms with Crippen LogP contribution in [0.5, 0.6) is 0 Å². The minimum absolute atomic E-state index is 0.443. The third kappa shape index (κ3) is 2.90. The van der Waals surface area contributed by atoms with Gasteiger partial charge >= 0.3 is 0 Å². The minimum Gasteiger partial charge on any atom is -0.366 e. The summed E-state index contributed by atoms with van der Waals surface area (Å²) in [4.78, 5) is 15.9. The van der Waals surface area contributed by atoms with Gasteiger partial charge in [0.2, 0.25) is 0 Å². The SMILES string of the molecule is CN1CCCC(Nc2ccnc(-c3cnc4ccccn34)n2)C1. The van der Waals surface area contributed by atoms with Crippen molar-refractivity contribution in [3.05, 3.63) is 42.9 Å². The van der Waals surface area contributed by atoms with Gasteiger partial charge in [0, 0.05) is 25.0 Å².